The van der Waals surface area contributed by atoms with E-state index in [1.807, 2.05) is 67.6 Å². The van der Waals surface area contributed by atoms with E-state index in [1.165, 1.54) is 0 Å². The van der Waals surface area contributed by atoms with Gasteiger partial charge in [-0.15, -0.1) is 0 Å². The number of amidine groups is 1. The van der Waals surface area contributed by atoms with Crippen molar-refractivity contribution < 1.29 is 4.79 Å². The predicted molar refractivity (Wildman–Crippen MR) is 102 cm³/mol. The molecule has 0 saturated heterocycles. The zero-order chi connectivity index (χ0) is 16.9. The molecule has 0 fully saturated rings. The Morgan fingerprint density at radius 1 is 1.17 bits per heavy atom. The van der Waals surface area contributed by atoms with Gasteiger partial charge in [-0.25, -0.2) is 4.79 Å². The molecule has 0 aliphatic carbocycles. The quantitative estimate of drug-likeness (QED) is 0.875. The van der Waals surface area contributed by atoms with Gasteiger partial charge in [0, 0.05) is 10.9 Å². The summed E-state index contributed by atoms with van der Waals surface area (Å²) in [7, 11) is 0. The first kappa shape index (κ1) is 16.6. The number of nitrogens with one attached hydrogen (secondary N) is 1. The first-order chi connectivity index (χ1) is 11.6. The van der Waals surface area contributed by atoms with E-state index in [0.29, 0.717) is 5.25 Å². The van der Waals surface area contributed by atoms with Crippen LogP contribution in [-0.2, 0) is 0 Å². The molecule has 0 unspecified atom stereocenters. The van der Waals surface area contributed by atoms with Crippen molar-refractivity contribution in [1.29, 1.82) is 0 Å². The van der Waals surface area contributed by atoms with Crippen LogP contribution in [0.4, 0.5) is 10.5 Å². The molecule has 0 aromatic heterocycles. The Bertz CT molecular complexity index is 718. The van der Waals surface area contributed by atoms with Crippen LogP contribution in [0.25, 0.3) is 0 Å². The highest BCUT2D eigenvalue weighted by atomic mass is 32.2. The summed E-state index contributed by atoms with van der Waals surface area (Å²) < 4.78 is 0. The SMILES string of the molecule is C[C@@H]1CN=C(N(C(=O)Nc2ccccc2)[C@@H](C)c2ccccc2)S1. The van der Waals surface area contributed by atoms with E-state index in [4.69, 9.17) is 0 Å². The third-order valence-corrected chi connectivity index (χ3v) is 5.00. The minimum absolute atomic E-state index is 0.0912. The Labute approximate surface area is 147 Å². The van der Waals surface area contributed by atoms with Gasteiger partial charge < -0.3 is 5.32 Å². The molecular formula is C19H21N3OS. The Balaban J connectivity index is 1.86. The molecule has 1 aliphatic rings. The summed E-state index contributed by atoms with van der Waals surface area (Å²) in [4.78, 5) is 19.3. The van der Waals surface area contributed by atoms with Gasteiger partial charge in [0.05, 0.1) is 12.6 Å². The maximum Gasteiger partial charge on any atom is 0.328 e. The van der Waals surface area contributed by atoms with Gasteiger partial charge in [-0.05, 0) is 24.6 Å². The molecule has 0 spiro atoms. The van der Waals surface area contributed by atoms with Crippen LogP contribution in [0.15, 0.2) is 65.7 Å². The van der Waals surface area contributed by atoms with Crippen molar-refractivity contribution in [3.05, 3.63) is 66.2 Å². The number of para-hydroxylation sites is 1. The monoisotopic (exact) mass is 339 g/mol. The first-order valence-corrected chi connectivity index (χ1v) is 8.94. The molecule has 0 bridgehead atoms. The third-order valence-electron chi connectivity index (χ3n) is 3.91. The number of carbonyl (C=O) groups is 1. The van der Waals surface area contributed by atoms with Crippen LogP contribution in [0.5, 0.6) is 0 Å². The van der Waals surface area contributed by atoms with E-state index in [2.05, 4.69) is 17.2 Å². The lowest BCUT2D eigenvalue weighted by atomic mass is 10.1. The second kappa shape index (κ2) is 7.53. The van der Waals surface area contributed by atoms with Crippen molar-refractivity contribution in [3.8, 4) is 0 Å². The number of rotatable bonds is 3. The van der Waals surface area contributed by atoms with Crippen molar-refractivity contribution in [2.24, 2.45) is 4.99 Å². The number of benzene rings is 2. The number of carbonyl (C=O) groups excluding carboxylic acids is 1. The zero-order valence-corrected chi connectivity index (χ0v) is 14.7. The molecular weight excluding hydrogens is 318 g/mol. The van der Waals surface area contributed by atoms with Gasteiger partial charge in [-0.3, -0.25) is 9.89 Å². The fraction of sp³-hybridized carbons (Fsp3) is 0.263. The van der Waals surface area contributed by atoms with E-state index in [-0.39, 0.29) is 12.1 Å². The topological polar surface area (TPSA) is 44.7 Å². The summed E-state index contributed by atoms with van der Waals surface area (Å²) in [5.41, 5.74) is 1.87. The van der Waals surface area contributed by atoms with Crippen LogP contribution >= 0.6 is 11.8 Å². The third kappa shape index (κ3) is 3.79. The zero-order valence-electron chi connectivity index (χ0n) is 13.8. The fourth-order valence-corrected chi connectivity index (χ4v) is 3.62. The lowest BCUT2D eigenvalue weighted by Crippen LogP contribution is -2.40. The van der Waals surface area contributed by atoms with Gasteiger partial charge in [0.15, 0.2) is 5.17 Å². The fourth-order valence-electron chi connectivity index (χ4n) is 2.61. The summed E-state index contributed by atoms with van der Waals surface area (Å²) in [6.07, 6.45) is 0. The number of urea groups is 1. The second-order valence-corrected chi connectivity index (χ2v) is 7.21. The molecule has 1 heterocycles. The molecule has 1 N–H and O–H groups in total. The number of anilines is 1. The summed E-state index contributed by atoms with van der Waals surface area (Å²) in [6, 6.07) is 19.3. The van der Waals surface area contributed by atoms with E-state index >= 15 is 0 Å². The van der Waals surface area contributed by atoms with Crippen LogP contribution in [0.3, 0.4) is 0 Å². The molecule has 4 nitrogen and oxygen atoms in total. The standard InChI is InChI=1S/C19H21N3OS/c1-14-13-20-19(24-14)22(15(2)16-9-5-3-6-10-16)18(23)21-17-11-7-4-8-12-17/h3-12,14-15H,13H2,1-2H3,(H,21,23)/t14-,15+/m1/s1. The Hall–Kier alpha value is -2.27. The van der Waals surface area contributed by atoms with E-state index in [9.17, 15) is 4.79 Å². The molecule has 1 aliphatic heterocycles. The maximum atomic E-state index is 12.9. The molecule has 2 atom stereocenters. The lowest BCUT2D eigenvalue weighted by Gasteiger charge is -2.29. The van der Waals surface area contributed by atoms with Crippen LogP contribution in [0.2, 0.25) is 0 Å². The molecule has 2 aromatic carbocycles. The summed E-state index contributed by atoms with van der Waals surface area (Å²) >= 11 is 1.65. The molecule has 3 rings (SSSR count). The second-order valence-electron chi connectivity index (χ2n) is 5.80. The minimum atomic E-state index is -0.155. The van der Waals surface area contributed by atoms with Crippen molar-refractivity contribution in [1.82, 2.24) is 4.90 Å². The van der Waals surface area contributed by atoms with Crippen LogP contribution in [0, 0.1) is 0 Å². The van der Waals surface area contributed by atoms with Gasteiger partial charge in [-0.2, -0.15) is 0 Å². The van der Waals surface area contributed by atoms with Crippen molar-refractivity contribution in [3.63, 3.8) is 0 Å². The predicted octanol–water partition coefficient (Wildman–Crippen LogP) is 4.77. The Morgan fingerprint density at radius 2 is 1.79 bits per heavy atom. The number of amides is 2. The highest BCUT2D eigenvalue weighted by molar-refractivity contribution is 8.14. The molecule has 0 radical (unpaired) electrons. The van der Waals surface area contributed by atoms with E-state index < -0.39 is 0 Å². The Kier molecular flexibility index (Phi) is 5.20. The van der Waals surface area contributed by atoms with Crippen LogP contribution in [-0.4, -0.2) is 27.9 Å². The molecule has 2 aromatic rings. The van der Waals surface area contributed by atoms with E-state index in [1.54, 1.807) is 16.7 Å². The molecule has 2 amide bonds. The van der Waals surface area contributed by atoms with Gasteiger partial charge >= 0.3 is 6.03 Å². The van der Waals surface area contributed by atoms with Crippen molar-refractivity contribution in [2.45, 2.75) is 25.1 Å². The van der Waals surface area contributed by atoms with Crippen molar-refractivity contribution in [2.75, 3.05) is 11.9 Å². The van der Waals surface area contributed by atoms with Crippen LogP contribution < -0.4 is 5.32 Å². The normalized spacial score (nSPS) is 17.9. The van der Waals surface area contributed by atoms with E-state index in [0.717, 1.165) is 23.0 Å². The van der Waals surface area contributed by atoms with Gasteiger partial charge in [-0.1, -0.05) is 67.2 Å². The average Bonchev–Trinajstić information content (AvgIpc) is 3.02. The summed E-state index contributed by atoms with van der Waals surface area (Å²) in [6.45, 7) is 4.91. The largest absolute Gasteiger partial charge is 0.328 e. The highest BCUT2D eigenvalue weighted by Gasteiger charge is 2.30. The number of nitrogens with zero attached hydrogens (tertiary/aromatic N) is 2. The maximum absolute atomic E-state index is 12.9. The lowest BCUT2D eigenvalue weighted by molar-refractivity contribution is 0.225. The van der Waals surface area contributed by atoms with Crippen molar-refractivity contribution >= 4 is 28.6 Å². The average molecular weight is 339 g/mol. The van der Waals surface area contributed by atoms with Gasteiger partial charge in [0.2, 0.25) is 0 Å². The highest BCUT2D eigenvalue weighted by Crippen LogP contribution is 2.30. The summed E-state index contributed by atoms with van der Waals surface area (Å²) in [5.74, 6) is 0. The van der Waals surface area contributed by atoms with Crippen LogP contribution in [0.1, 0.15) is 25.5 Å². The molecule has 5 heteroatoms. The molecule has 24 heavy (non-hydrogen) atoms. The van der Waals surface area contributed by atoms with Gasteiger partial charge in [0.1, 0.15) is 0 Å². The minimum Gasteiger partial charge on any atom is -0.307 e. The number of aliphatic imine (C=N–C) groups is 1. The number of thioether (sulfide) groups is 1. The number of hydrogen-bond acceptors (Lipinski definition) is 3. The smallest absolute Gasteiger partial charge is 0.307 e. The first-order valence-electron chi connectivity index (χ1n) is 8.06. The Morgan fingerprint density at radius 3 is 2.38 bits per heavy atom. The number of hydrogen-bond donors (Lipinski definition) is 1. The molecule has 124 valence electrons. The molecule has 0 saturated carbocycles. The summed E-state index contributed by atoms with van der Waals surface area (Å²) in [5, 5.41) is 4.16. The van der Waals surface area contributed by atoms with Gasteiger partial charge in [0.25, 0.3) is 0 Å².